The molecule has 3 heterocycles. The number of aliphatic carboxylic acids is 1. The quantitative estimate of drug-likeness (QED) is 0.899. The fraction of sp³-hybridized carbons (Fsp3) is 0.400. The number of carbonyl (C=O) groups excluding carboxylic acids is 1. The number of thiophene rings is 1. The summed E-state index contributed by atoms with van der Waals surface area (Å²) in [6.45, 7) is 3.48. The lowest BCUT2D eigenvalue weighted by molar-refractivity contribution is -0.159. The lowest BCUT2D eigenvalue weighted by Gasteiger charge is -2.33. The van der Waals surface area contributed by atoms with Crippen molar-refractivity contribution in [1.29, 1.82) is 0 Å². The highest BCUT2D eigenvalue weighted by Gasteiger charge is 2.55. The molecule has 0 radical (unpaired) electrons. The number of amides is 1. The van der Waals surface area contributed by atoms with E-state index in [0.29, 0.717) is 24.4 Å². The molecule has 1 aromatic heterocycles. The fourth-order valence-corrected chi connectivity index (χ4v) is 5.21. The van der Waals surface area contributed by atoms with Crippen LogP contribution in [0, 0.1) is 18.3 Å². The molecule has 6 heteroatoms. The lowest BCUT2D eigenvalue weighted by Crippen LogP contribution is -2.46. The molecule has 0 bridgehead atoms. The van der Waals surface area contributed by atoms with Crippen molar-refractivity contribution >= 4 is 23.2 Å². The molecule has 0 spiro atoms. The maximum absolute atomic E-state index is 13.1. The average Bonchev–Trinajstić information content (AvgIpc) is 3.23. The lowest BCUT2D eigenvalue weighted by atomic mass is 9.76. The summed E-state index contributed by atoms with van der Waals surface area (Å²) < 4.78 is 5.45. The van der Waals surface area contributed by atoms with E-state index in [1.54, 1.807) is 4.90 Å². The van der Waals surface area contributed by atoms with Crippen LogP contribution < -0.4 is 0 Å². The Balaban J connectivity index is 1.60. The maximum atomic E-state index is 13.1. The number of likely N-dealkylation sites (tertiary alicyclic amines) is 1. The van der Waals surface area contributed by atoms with Gasteiger partial charge in [0, 0.05) is 24.6 Å². The standard InChI is InChI=1S/C20H21NO4S/c1-13-9-16(26-17(13)14-5-3-2-4-6-14)18(22)21-10-15-7-8-25-12-20(15,11-21)19(23)24/h2-6,9,15H,7-8,10-12H2,1H3,(H,23,24)/t15-,20+/m0/s1. The monoisotopic (exact) mass is 371 g/mol. The number of aryl methyl sites for hydroxylation is 1. The van der Waals surface area contributed by atoms with Crippen LogP contribution in [0.3, 0.4) is 0 Å². The number of carboxylic acid groups (broad SMARTS) is 1. The van der Waals surface area contributed by atoms with Gasteiger partial charge in [-0.1, -0.05) is 30.3 Å². The van der Waals surface area contributed by atoms with Gasteiger partial charge in [0.25, 0.3) is 5.91 Å². The van der Waals surface area contributed by atoms with Crippen LogP contribution in [-0.4, -0.2) is 48.2 Å². The summed E-state index contributed by atoms with van der Waals surface area (Å²) in [4.78, 5) is 28.4. The van der Waals surface area contributed by atoms with Gasteiger partial charge in [0.1, 0.15) is 5.41 Å². The summed E-state index contributed by atoms with van der Waals surface area (Å²) in [7, 11) is 0. The zero-order chi connectivity index (χ0) is 18.3. The predicted molar refractivity (Wildman–Crippen MR) is 99.4 cm³/mol. The van der Waals surface area contributed by atoms with Gasteiger partial charge in [-0.15, -0.1) is 11.3 Å². The molecule has 2 saturated heterocycles. The Labute approximate surface area is 156 Å². The summed E-state index contributed by atoms with van der Waals surface area (Å²) in [6.07, 6.45) is 0.689. The third-order valence-electron chi connectivity index (χ3n) is 5.54. The number of benzene rings is 1. The van der Waals surface area contributed by atoms with Crippen LogP contribution in [0.1, 0.15) is 21.7 Å². The van der Waals surface area contributed by atoms with Gasteiger partial charge in [-0.3, -0.25) is 9.59 Å². The fourth-order valence-electron chi connectivity index (χ4n) is 4.06. The molecule has 5 nitrogen and oxygen atoms in total. The Kier molecular flexibility index (Phi) is 4.32. The first-order chi connectivity index (χ1) is 12.5. The van der Waals surface area contributed by atoms with Gasteiger partial charge < -0.3 is 14.7 Å². The molecule has 1 aromatic carbocycles. The molecule has 136 valence electrons. The van der Waals surface area contributed by atoms with E-state index in [-0.39, 0.29) is 25.0 Å². The van der Waals surface area contributed by atoms with Crippen LogP contribution in [0.4, 0.5) is 0 Å². The van der Waals surface area contributed by atoms with Crippen LogP contribution in [-0.2, 0) is 9.53 Å². The van der Waals surface area contributed by atoms with Gasteiger partial charge in [-0.05, 0) is 36.5 Å². The number of fused-ring (bicyclic) bond motifs is 1. The van der Waals surface area contributed by atoms with E-state index in [1.807, 2.05) is 43.3 Å². The van der Waals surface area contributed by atoms with Crippen LogP contribution >= 0.6 is 11.3 Å². The topological polar surface area (TPSA) is 66.8 Å². The van der Waals surface area contributed by atoms with E-state index in [4.69, 9.17) is 4.74 Å². The number of rotatable bonds is 3. The van der Waals surface area contributed by atoms with Crippen molar-refractivity contribution in [3.8, 4) is 10.4 Å². The SMILES string of the molecule is Cc1cc(C(=O)N2C[C@@H]3CCOC[C@]3(C(=O)O)C2)sc1-c1ccccc1. The van der Waals surface area contributed by atoms with Crippen molar-refractivity contribution in [3.63, 3.8) is 0 Å². The Morgan fingerprint density at radius 3 is 2.77 bits per heavy atom. The number of nitrogens with zero attached hydrogens (tertiary/aromatic N) is 1. The first-order valence-electron chi connectivity index (χ1n) is 8.77. The molecule has 0 saturated carbocycles. The predicted octanol–water partition coefficient (Wildman–Crippen LogP) is 3.29. The van der Waals surface area contributed by atoms with E-state index in [9.17, 15) is 14.7 Å². The van der Waals surface area contributed by atoms with Crippen molar-refractivity contribution in [2.45, 2.75) is 13.3 Å². The summed E-state index contributed by atoms with van der Waals surface area (Å²) in [5.41, 5.74) is 1.21. The number of hydrogen-bond acceptors (Lipinski definition) is 4. The Bertz CT molecular complexity index is 847. The largest absolute Gasteiger partial charge is 0.481 e. The van der Waals surface area contributed by atoms with Crippen LogP contribution in [0.5, 0.6) is 0 Å². The van der Waals surface area contributed by atoms with Gasteiger partial charge in [0.05, 0.1) is 11.5 Å². The summed E-state index contributed by atoms with van der Waals surface area (Å²) in [5.74, 6) is -0.965. The highest BCUT2D eigenvalue weighted by molar-refractivity contribution is 7.17. The van der Waals surface area contributed by atoms with E-state index in [2.05, 4.69) is 0 Å². The zero-order valence-corrected chi connectivity index (χ0v) is 15.4. The van der Waals surface area contributed by atoms with E-state index >= 15 is 0 Å². The van der Waals surface area contributed by atoms with Crippen molar-refractivity contribution in [3.05, 3.63) is 46.8 Å². The van der Waals surface area contributed by atoms with Gasteiger partial charge >= 0.3 is 5.97 Å². The molecule has 0 aliphatic carbocycles. The van der Waals surface area contributed by atoms with Gasteiger partial charge in [0.2, 0.25) is 0 Å². The molecule has 1 N–H and O–H groups in total. The molecule has 2 aliphatic rings. The Morgan fingerprint density at radius 1 is 1.31 bits per heavy atom. The van der Waals surface area contributed by atoms with Crippen molar-refractivity contribution in [1.82, 2.24) is 4.90 Å². The molecule has 2 aromatic rings. The number of ether oxygens (including phenoxy) is 1. The number of hydrogen-bond donors (Lipinski definition) is 1. The first-order valence-corrected chi connectivity index (χ1v) is 9.59. The minimum Gasteiger partial charge on any atom is -0.481 e. The minimum absolute atomic E-state index is 0.0349. The number of carbonyl (C=O) groups is 2. The second kappa shape index (κ2) is 6.52. The zero-order valence-electron chi connectivity index (χ0n) is 14.6. The highest BCUT2D eigenvalue weighted by atomic mass is 32.1. The third kappa shape index (κ3) is 2.73. The molecule has 2 aliphatic heterocycles. The molecule has 4 rings (SSSR count). The van der Waals surface area contributed by atoms with Crippen molar-refractivity contribution < 1.29 is 19.4 Å². The smallest absolute Gasteiger partial charge is 0.314 e. The van der Waals surface area contributed by atoms with Crippen molar-refractivity contribution in [2.75, 3.05) is 26.3 Å². The Hall–Kier alpha value is -2.18. The second-order valence-electron chi connectivity index (χ2n) is 7.17. The molecule has 1 amide bonds. The van der Waals surface area contributed by atoms with E-state index in [0.717, 1.165) is 16.0 Å². The maximum Gasteiger partial charge on any atom is 0.314 e. The Morgan fingerprint density at radius 2 is 2.08 bits per heavy atom. The van der Waals surface area contributed by atoms with Gasteiger partial charge in [-0.25, -0.2) is 0 Å². The normalized spacial score (nSPS) is 25.1. The van der Waals surface area contributed by atoms with E-state index < -0.39 is 11.4 Å². The molecule has 26 heavy (non-hydrogen) atoms. The van der Waals surface area contributed by atoms with Crippen LogP contribution in [0.25, 0.3) is 10.4 Å². The first kappa shape index (κ1) is 17.2. The minimum atomic E-state index is -0.956. The molecular formula is C20H21NO4S. The highest BCUT2D eigenvalue weighted by Crippen LogP contribution is 2.43. The van der Waals surface area contributed by atoms with Gasteiger partial charge in [-0.2, -0.15) is 0 Å². The second-order valence-corrected chi connectivity index (χ2v) is 8.23. The molecule has 2 fully saturated rings. The van der Waals surface area contributed by atoms with Crippen LogP contribution in [0.2, 0.25) is 0 Å². The van der Waals surface area contributed by atoms with Crippen molar-refractivity contribution in [2.24, 2.45) is 11.3 Å². The third-order valence-corrected chi connectivity index (χ3v) is 6.82. The molecular weight excluding hydrogens is 350 g/mol. The average molecular weight is 371 g/mol. The summed E-state index contributed by atoms with van der Waals surface area (Å²) >= 11 is 1.48. The molecule has 2 atom stereocenters. The van der Waals surface area contributed by atoms with Gasteiger partial charge in [0.15, 0.2) is 0 Å². The van der Waals surface area contributed by atoms with Crippen LogP contribution in [0.15, 0.2) is 36.4 Å². The molecule has 0 unspecified atom stereocenters. The summed E-state index contributed by atoms with van der Waals surface area (Å²) in [5, 5.41) is 9.75. The van der Waals surface area contributed by atoms with E-state index in [1.165, 1.54) is 11.3 Å². The number of carboxylic acids is 1. The summed E-state index contributed by atoms with van der Waals surface area (Å²) in [6, 6.07) is 11.9.